The molecule has 0 heterocycles. The molecule has 1 amide bonds. The predicted octanol–water partition coefficient (Wildman–Crippen LogP) is 3.73. The third kappa shape index (κ3) is 6.63. The minimum atomic E-state index is -0.0158. The maximum atomic E-state index is 12.0. The van der Waals surface area contributed by atoms with E-state index in [-0.39, 0.29) is 11.3 Å². The molecule has 0 unspecified atom stereocenters. The van der Waals surface area contributed by atoms with Crippen LogP contribution in [-0.4, -0.2) is 44.0 Å². The number of hydrogen-bond acceptors (Lipinski definition) is 2. The van der Waals surface area contributed by atoms with Crippen LogP contribution in [0.25, 0.3) is 0 Å². The SMILES string of the molecule is CCNC(=NCc1ccc(C(=O)N(C)C)cc1)NCC(C)(C)c1ccc(C)cc1. The van der Waals surface area contributed by atoms with Gasteiger partial charge in [-0.25, -0.2) is 4.99 Å². The molecule has 0 aromatic heterocycles. The first-order valence-electron chi connectivity index (χ1n) is 10.1. The van der Waals surface area contributed by atoms with Gasteiger partial charge in [0.05, 0.1) is 6.54 Å². The third-order valence-electron chi connectivity index (χ3n) is 4.90. The fraction of sp³-hybridized carbons (Fsp3) is 0.417. The zero-order valence-corrected chi connectivity index (χ0v) is 18.5. The summed E-state index contributed by atoms with van der Waals surface area (Å²) < 4.78 is 0. The molecule has 5 nitrogen and oxygen atoms in total. The molecule has 2 aromatic rings. The third-order valence-corrected chi connectivity index (χ3v) is 4.90. The van der Waals surface area contributed by atoms with E-state index in [0.29, 0.717) is 12.1 Å². The summed E-state index contributed by atoms with van der Waals surface area (Å²) in [6.45, 7) is 10.8. The summed E-state index contributed by atoms with van der Waals surface area (Å²) in [6.07, 6.45) is 0. The van der Waals surface area contributed by atoms with Crippen molar-refractivity contribution in [3.8, 4) is 0 Å². The molecule has 2 N–H and O–H groups in total. The van der Waals surface area contributed by atoms with Crippen LogP contribution in [0.4, 0.5) is 0 Å². The molecule has 0 spiro atoms. The van der Waals surface area contributed by atoms with Crippen LogP contribution in [0.2, 0.25) is 0 Å². The van der Waals surface area contributed by atoms with Gasteiger partial charge in [-0.05, 0) is 37.1 Å². The zero-order chi connectivity index (χ0) is 21.4. The van der Waals surface area contributed by atoms with Gasteiger partial charge < -0.3 is 15.5 Å². The molecule has 2 rings (SSSR count). The largest absolute Gasteiger partial charge is 0.357 e. The summed E-state index contributed by atoms with van der Waals surface area (Å²) in [5.74, 6) is 0.800. The Kier molecular flexibility index (Phi) is 7.82. The van der Waals surface area contributed by atoms with Crippen LogP contribution in [-0.2, 0) is 12.0 Å². The lowest BCUT2D eigenvalue weighted by atomic mass is 9.84. The van der Waals surface area contributed by atoms with Crippen LogP contribution in [0.1, 0.15) is 47.8 Å². The van der Waals surface area contributed by atoms with Crippen molar-refractivity contribution >= 4 is 11.9 Å². The number of amides is 1. The van der Waals surface area contributed by atoms with Gasteiger partial charge in [0, 0.05) is 38.2 Å². The molecular formula is C24H34N4O. The maximum Gasteiger partial charge on any atom is 0.253 e. The average molecular weight is 395 g/mol. The summed E-state index contributed by atoms with van der Waals surface area (Å²) in [6, 6.07) is 16.3. The van der Waals surface area contributed by atoms with Gasteiger partial charge >= 0.3 is 0 Å². The Balaban J connectivity index is 2.02. The highest BCUT2D eigenvalue weighted by molar-refractivity contribution is 5.93. The maximum absolute atomic E-state index is 12.0. The summed E-state index contributed by atoms with van der Waals surface area (Å²) in [5.41, 5.74) is 4.30. The first-order chi connectivity index (χ1) is 13.7. The first-order valence-corrected chi connectivity index (χ1v) is 10.1. The molecule has 0 saturated heterocycles. The van der Waals surface area contributed by atoms with E-state index in [0.717, 1.165) is 24.6 Å². The van der Waals surface area contributed by atoms with Crippen molar-refractivity contribution in [2.75, 3.05) is 27.2 Å². The summed E-state index contributed by atoms with van der Waals surface area (Å²) in [5, 5.41) is 6.78. The van der Waals surface area contributed by atoms with E-state index < -0.39 is 0 Å². The minimum Gasteiger partial charge on any atom is -0.357 e. The lowest BCUT2D eigenvalue weighted by molar-refractivity contribution is 0.0827. The highest BCUT2D eigenvalue weighted by Gasteiger charge is 2.20. The van der Waals surface area contributed by atoms with Gasteiger partial charge in [-0.1, -0.05) is 55.8 Å². The Hall–Kier alpha value is -2.82. The predicted molar refractivity (Wildman–Crippen MR) is 121 cm³/mol. The van der Waals surface area contributed by atoms with Crippen LogP contribution in [0.15, 0.2) is 53.5 Å². The molecule has 0 radical (unpaired) electrons. The van der Waals surface area contributed by atoms with Gasteiger partial charge in [-0.3, -0.25) is 4.79 Å². The molecular weight excluding hydrogens is 360 g/mol. The van der Waals surface area contributed by atoms with E-state index in [1.165, 1.54) is 11.1 Å². The van der Waals surface area contributed by atoms with Crippen molar-refractivity contribution in [2.45, 2.75) is 39.7 Å². The Morgan fingerprint density at radius 1 is 1.00 bits per heavy atom. The topological polar surface area (TPSA) is 56.7 Å². The van der Waals surface area contributed by atoms with Crippen LogP contribution >= 0.6 is 0 Å². The highest BCUT2D eigenvalue weighted by atomic mass is 16.2. The van der Waals surface area contributed by atoms with Gasteiger partial charge in [0.25, 0.3) is 5.91 Å². The van der Waals surface area contributed by atoms with Crippen molar-refractivity contribution in [1.29, 1.82) is 0 Å². The number of benzene rings is 2. The Labute approximate surface area is 175 Å². The van der Waals surface area contributed by atoms with E-state index in [1.807, 2.05) is 24.3 Å². The zero-order valence-electron chi connectivity index (χ0n) is 18.5. The molecule has 156 valence electrons. The Morgan fingerprint density at radius 3 is 2.17 bits per heavy atom. The number of guanidine groups is 1. The number of carbonyl (C=O) groups is 1. The molecule has 0 aliphatic rings. The van der Waals surface area contributed by atoms with Crippen molar-refractivity contribution in [2.24, 2.45) is 4.99 Å². The molecule has 0 fully saturated rings. The molecule has 0 aliphatic carbocycles. The fourth-order valence-corrected chi connectivity index (χ4v) is 2.93. The lowest BCUT2D eigenvalue weighted by Crippen LogP contribution is -2.43. The standard InChI is InChI=1S/C24H34N4O/c1-7-25-23(27-17-24(3,4)21-14-8-18(2)9-15-21)26-16-19-10-12-20(13-11-19)22(29)28(5)6/h8-15H,7,16-17H2,1-6H3,(H2,25,26,27). The van der Waals surface area contributed by atoms with Gasteiger partial charge in [0.15, 0.2) is 5.96 Å². The molecule has 2 aromatic carbocycles. The van der Waals surface area contributed by atoms with E-state index in [4.69, 9.17) is 4.99 Å². The number of nitrogens with one attached hydrogen (secondary N) is 2. The first kappa shape index (κ1) is 22.5. The van der Waals surface area contributed by atoms with Gasteiger partial charge in [-0.15, -0.1) is 0 Å². The molecule has 0 saturated carbocycles. The Bertz CT molecular complexity index is 821. The summed E-state index contributed by atoms with van der Waals surface area (Å²) >= 11 is 0. The molecule has 29 heavy (non-hydrogen) atoms. The van der Waals surface area contributed by atoms with Crippen LogP contribution in [0.5, 0.6) is 0 Å². The van der Waals surface area contributed by atoms with Crippen molar-refractivity contribution in [1.82, 2.24) is 15.5 Å². The lowest BCUT2D eigenvalue weighted by Gasteiger charge is -2.27. The number of aryl methyl sites for hydroxylation is 1. The quantitative estimate of drug-likeness (QED) is 0.556. The smallest absolute Gasteiger partial charge is 0.253 e. The number of nitrogens with zero attached hydrogens (tertiary/aromatic N) is 2. The van der Waals surface area contributed by atoms with Gasteiger partial charge in [0.2, 0.25) is 0 Å². The van der Waals surface area contributed by atoms with Crippen LogP contribution in [0.3, 0.4) is 0 Å². The van der Waals surface area contributed by atoms with E-state index in [9.17, 15) is 4.79 Å². The summed E-state index contributed by atoms with van der Waals surface area (Å²) in [4.78, 5) is 18.3. The molecule has 0 bridgehead atoms. The second-order valence-electron chi connectivity index (χ2n) is 8.20. The number of rotatable bonds is 7. The minimum absolute atomic E-state index is 0.00777. The van der Waals surface area contributed by atoms with Crippen molar-refractivity contribution < 1.29 is 4.79 Å². The van der Waals surface area contributed by atoms with Crippen LogP contribution < -0.4 is 10.6 Å². The van der Waals surface area contributed by atoms with E-state index in [2.05, 4.69) is 62.6 Å². The second-order valence-corrected chi connectivity index (χ2v) is 8.20. The highest BCUT2D eigenvalue weighted by Crippen LogP contribution is 2.22. The van der Waals surface area contributed by atoms with Crippen molar-refractivity contribution in [3.63, 3.8) is 0 Å². The molecule has 0 atom stereocenters. The number of hydrogen-bond donors (Lipinski definition) is 2. The Morgan fingerprint density at radius 2 is 1.62 bits per heavy atom. The fourth-order valence-electron chi connectivity index (χ4n) is 2.93. The van der Waals surface area contributed by atoms with E-state index in [1.54, 1.807) is 19.0 Å². The van der Waals surface area contributed by atoms with Gasteiger partial charge in [0.1, 0.15) is 0 Å². The van der Waals surface area contributed by atoms with Crippen molar-refractivity contribution in [3.05, 3.63) is 70.8 Å². The van der Waals surface area contributed by atoms with Crippen LogP contribution in [0, 0.1) is 6.92 Å². The molecule has 0 aliphatic heterocycles. The van der Waals surface area contributed by atoms with Gasteiger partial charge in [-0.2, -0.15) is 0 Å². The normalized spacial score (nSPS) is 11.9. The number of carbonyl (C=O) groups excluding carboxylic acids is 1. The average Bonchev–Trinajstić information content (AvgIpc) is 2.70. The second kappa shape index (κ2) is 10.1. The molecule has 5 heteroatoms. The summed E-state index contributed by atoms with van der Waals surface area (Å²) in [7, 11) is 3.51. The monoisotopic (exact) mass is 394 g/mol. The van der Waals surface area contributed by atoms with E-state index >= 15 is 0 Å². The number of aliphatic imine (C=N–C) groups is 1.